The second-order valence-electron chi connectivity index (χ2n) is 6.44. The predicted octanol–water partition coefficient (Wildman–Crippen LogP) is 3.14. The molecule has 0 radical (unpaired) electrons. The molecule has 1 aromatic carbocycles. The first-order valence-electron chi connectivity index (χ1n) is 8.85. The summed E-state index contributed by atoms with van der Waals surface area (Å²) >= 11 is 0. The molecule has 6 heteroatoms. The lowest BCUT2D eigenvalue weighted by Crippen LogP contribution is -2.43. The van der Waals surface area contributed by atoms with E-state index in [-0.39, 0.29) is 11.9 Å². The summed E-state index contributed by atoms with van der Waals surface area (Å²) in [6.45, 7) is 5.35. The highest BCUT2D eigenvalue weighted by atomic mass is 16.5. The van der Waals surface area contributed by atoms with Crippen LogP contribution in [0.3, 0.4) is 0 Å². The second-order valence-corrected chi connectivity index (χ2v) is 6.44. The Labute approximate surface area is 151 Å². The largest absolute Gasteiger partial charge is 0.468 e. The minimum Gasteiger partial charge on any atom is -0.468 e. The van der Waals surface area contributed by atoms with Crippen LogP contribution in [0.15, 0.2) is 51.5 Å². The SMILES string of the molecule is Cc1c(C(=O)NCC(c2ccco2)N2CCOCC2)oc2ccccc12. The van der Waals surface area contributed by atoms with E-state index in [0.717, 1.165) is 35.4 Å². The molecule has 26 heavy (non-hydrogen) atoms. The van der Waals surface area contributed by atoms with Gasteiger partial charge in [-0.2, -0.15) is 0 Å². The van der Waals surface area contributed by atoms with Crippen molar-refractivity contribution in [2.75, 3.05) is 32.8 Å². The first kappa shape index (κ1) is 16.9. The molecule has 1 aliphatic heterocycles. The van der Waals surface area contributed by atoms with E-state index >= 15 is 0 Å². The van der Waals surface area contributed by atoms with Crippen molar-refractivity contribution in [2.24, 2.45) is 0 Å². The highest BCUT2D eigenvalue weighted by molar-refractivity contribution is 5.98. The van der Waals surface area contributed by atoms with E-state index in [1.165, 1.54) is 0 Å². The van der Waals surface area contributed by atoms with Crippen molar-refractivity contribution in [1.29, 1.82) is 0 Å². The molecule has 1 N–H and O–H groups in total. The number of amides is 1. The third-order valence-electron chi connectivity index (χ3n) is 4.86. The Morgan fingerprint density at radius 2 is 2.00 bits per heavy atom. The Bertz CT molecular complexity index is 878. The molecular formula is C20H22N2O4. The lowest BCUT2D eigenvalue weighted by Gasteiger charge is -2.33. The fourth-order valence-electron chi connectivity index (χ4n) is 3.44. The molecule has 1 atom stereocenters. The molecule has 2 aromatic heterocycles. The number of benzene rings is 1. The summed E-state index contributed by atoms with van der Waals surface area (Å²) in [5.74, 6) is 1.00. The van der Waals surface area contributed by atoms with Gasteiger partial charge in [-0.15, -0.1) is 0 Å². The Balaban J connectivity index is 1.51. The topological polar surface area (TPSA) is 67.9 Å². The van der Waals surface area contributed by atoms with Gasteiger partial charge in [-0.3, -0.25) is 9.69 Å². The van der Waals surface area contributed by atoms with Crippen LogP contribution < -0.4 is 5.32 Å². The quantitative estimate of drug-likeness (QED) is 0.762. The molecule has 0 spiro atoms. The molecular weight excluding hydrogens is 332 g/mol. The molecule has 0 bridgehead atoms. The molecule has 1 saturated heterocycles. The highest BCUT2D eigenvalue weighted by Crippen LogP contribution is 2.26. The van der Waals surface area contributed by atoms with E-state index < -0.39 is 0 Å². The van der Waals surface area contributed by atoms with Crippen LogP contribution in [0.2, 0.25) is 0 Å². The minimum atomic E-state index is -0.205. The van der Waals surface area contributed by atoms with Gasteiger partial charge in [0.15, 0.2) is 5.76 Å². The number of morpholine rings is 1. The highest BCUT2D eigenvalue weighted by Gasteiger charge is 2.26. The van der Waals surface area contributed by atoms with E-state index in [0.29, 0.717) is 25.5 Å². The maximum absolute atomic E-state index is 12.7. The summed E-state index contributed by atoms with van der Waals surface area (Å²) in [5.41, 5.74) is 1.59. The average Bonchev–Trinajstić information content (AvgIpc) is 3.32. The normalized spacial score (nSPS) is 16.7. The molecule has 3 aromatic rings. The zero-order chi connectivity index (χ0) is 17.9. The van der Waals surface area contributed by atoms with Gasteiger partial charge in [0, 0.05) is 30.6 Å². The Morgan fingerprint density at radius 3 is 2.73 bits per heavy atom. The molecule has 4 rings (SSSR count). The van der Waals surface area contributed by atoms with Gasteiger partial charge in [0.2, 0.25) is 0 Å². The molecule has 0 aliphatic carbocycles. The first-order chi connectivity index (χ1) is 12.7. The summed E-state index contributed by atoms with van der Waals surface area (Å²) in [6.07, 6.45) is 1.66. The zero-order valence-electron chi connectivity index (χ0n) is 14.7. The first-order valence-corrected chi connectivity index (χ1v) is 8.85. The van der Waals surface area contributed by atoms with Gasteiger partial charge in [0.1, 0.15) is 11.3 Å². The maximum Gasteiger partial charge on any atom is 0.287 e. The standard InChI is InChI=1S/C20H22N2O4/c1-14-15-5-2-3-6-17(15)26-19(14)20(23)21-13-16(18-7-4-10-25-18)22-8-11-24-12-9-22/h2-7,10,16H,8-9,11-13H2,1H3,(H,21,23). The number of rotatable bonds is 5. The Kier molecular flexibility index (Phi) is 4.77. The van der Waals surface area contributed by atoms with Gasteiger partial charge in [-0.25, -0.2) is 0 Å². The predicted molar refractivity (Wildman–Crippen MR) is 97.1 cm³/mol. The van der Waals surface area contributed by atoms with Crippen molar-refractivity contribution in [3.8, 4) is 0 Å². The fourth-order valence-corrected chi connectivity index (χ4v) is 3.44. The third-order valence-corrected chi connectivity index (χ3v) is 4.86. The number of fused-ring (bicyclic) bond motifs is 1. The summed E-state index contributed by atoms with van der Waals surface area (Å²) in [6, 6.07) is 11.5. The third kappa shape index (κ3) is 3.25. The maximum atomic E-state index is 12.7. The van der Waals surface area contributed by atoms with E-state index in [2.05, 4.69) is 10.2 Å². The number of aryl methyl sites for hydroxylation is 1. The van der Waals surface area contributed by atoms with Gasteiger partial charge in [0.25, 0.3) is 5.91 Å². The van der Waals surface area contributed by atoms with Gasteiger partial charge >= 0.3 is 0 Å². The second kappa shape index (κ2) is 7.35. The Morgan fingerprint density at radius 1 is 1.19 bits per heavy atom. The molecule has 1 aliphatic rings. The number of ether oxygens (including phenoxy) is 1. The molecule has 136 valence electrons. The number of carbonyl (C=O) groups is 1. The van der Waals surface area contributed by atoms with Crippen LogP contribution in [-0.4, -0.2) is 43.7 Å². The number of hydrogen-bond donors (Lipinski definition) is 1. The smallest absolute Gasteiger partial charge is 0.287 e. The Hall–Kier alpha value is -2.57. The van der Waals surface area contributed by atoms with Crippen molar-refractivity contribution >= 4 is 16.9 Å². The summed E-state index contributed by atoms with van der Waals surface area (Å²) in [7, 11) is 0. The van der Waals surface area contributed by atoms with Gasteiger partial charge < -0.3 is 18.9 Å². The molecule has 1 amide bonds. The number of nitrogens with zero attached hydrogens (tertiary/aromatic N) is 1. The number of furan rings is 2. The fraction of sp³-hybridized carbons (Fsp3) is 0.350. The van der Waals surface area contributed by atoms with Crippen molar-refractivity contribution in [3.05, 3.63) is 59.7 Å². The van der Waals surface area contributed by atoms with Crippen molar-refractivity contribution < 1.29 is 18.4 Å². The van der Waals surface area contributed by atoms with Gasteiger partial charge in [-0.05, 0) is 25.1 Å². The lowest BCUT2D eigenvalue weighted by molar-refractivity contribution is 0.0117. The lowest BCUT2D eigenvalue weighted by atomic mass is 10.1. The van der Waals surface area contributed by atoms with Crippen LogP contribution >= 0.6 is 0 Å². The summed E-state index contributed by atoms with van der Waals surface area (Å²) in [4.78, 5) is 15.0. The summed E-state index contributed by atoms with van der Waals surface area (Å²) in [5, 5.41) is 3.98. The molecule has 1 unspecified atom stereocenters. The monoisotopic (exact) mass is 354 g/mol. The number of carbonyl (C=O) groups excluding carboxylic acids is 1. The zero-order valence-corrected chi connectivity index (χ0v) is 14.7. The average molecular weight is 354 g/mol. The minimum absolute atomic E-state index is 0.0254. The molecule has 1 fully saturated rings. The van der Waals surface area contributed by atoms with Crippen LogP contribution in [0.5, 0.6) is 0 Å². The van der Waals surface area contributed by atoms with Crippen LogP contribution in [0.1, 0.15) is 27.9 Å². The van der Waals surface area contributed by atoms with E-state index in [1.807, 2.05) is 43.3 Å². The number of hydrogen-bond acceptors (Lipinski definition) is 5. The summed E-state index contributed by atoms with van der Waals surface area (Å²) < 4.78 is 16.8. The van der Waals surface area contributed by atoms with E-state index in [9.17, 15) is 4.79 Å². The number of para-hydroxylation sites is 1. The van der Waals surface area contributed by atoms with Gasteiger partial charge in [0.05, 0.1) is 25.5 Å². The van der Waals surface area contributed by atoms with E-state index in [4.69, 9.17) is 13.6 Å². The molecule has 3 heterocycles. The van der Waals surface area contributed by atoms with Crippen LogP contribution in [0, 0.1) is 6.92 Å². The van der Waals surface area contributed by atoms with E-state index in [1.54, 1.807) is 6.26 Å². The van der Waals surface area contributed by atoms with Crippen LogP contribution in [0.4, 0.5) is 0 Å². The molecule has 6 nitrogen and oxygen atoms in total. The van der Waals surface area contributed by atoms with Crippen LogP contribution in [-0.2, 0) is 4.74 Å². The van der Waals surface area contributed by atoms with Crippen LogP contribution in [0.25, 0.3) is 11.0 Å². The van der Waals surface area contributed by atoms with Crippen molar-refractivity contribution in [3.63, 3.8) is 0 Å². The number of nitrogens with one attached hydrogen (secondary N) is 1. The molecule has 0 saturated carbocycles. The van der Waals surface area contributed by atoms with Crippen molar-refractivity contribution in [1.82, 2.24) is 10.2 Å². The van der Waals surface area contributed by atoms with Gasteiger partial charge in [-0.1, -0.05) is 18.2 Å². The van der Waals surface area contributed by atoms with Crippen molar-refractivity contribution in [2.45, 2.75) is 13.0 Å².